The van der Waals surface area contributed by atoms with Gasteiger partial charge in [0.05, 0.1) is 11.6 Å². The second-order valence-corrected chi connectivity index (χ2v) is 3.41. The Morgan fingerprint density at radius 2 is 2.07 bits per heavy atom. The van der Waals surface area contributed by atoms with Gasteiger partial charge in [-0.2, -0.15) is 5.26 Å². The van der Waals surface area contributed by atoms with Crippen LogP contribution in [-0.2, 0) is 4.79 Å². The van der Waals surface area contributed by atoms with Crippen molar-refractivity contribution < 1.29 is 4.79 Å². The molecule has 1 aromatic carbocycles. The molecule has 1 aliphatic rings. The fourth-order valence-corrected chi connectivity index (χ4v) is 1.53. The third-order valence-corrected chi connectivity index (χ3v) is 2.35. The van der Waals surface area contributed by atoms with E-state index in [-0.39, 0.29) is 5.91 Å². The summed E-state index contributed by atoms with van der Waals surface area (Å²) in [6.45, 7) is 0.723. The predicted octanol–water partition coefficient (Wildman–Crippen LogP) is 1.46. The molecule has 1 aliphatic heterocycles. The average Bonchev–Trinajstić information content (AvgIpc) is 2.66. The lowest BCUT2D eigenvalue weighted by atomic mass is 10.1. The summed E-state index contributed by atoms with van der Waals surface area (Å²) in [5.41, 5.74) is 2.40. The summed E-state index contributed by atoms with van der Waals surface area (Å²) >= 11 is 0. The number of benzene rings is 1. The zero-order chi connectivity index (χ0) is 10.7. The van der Waals surface area contributed by atoms with Gasteiger partial charge >= 0.3 is 0 Å². The second-order valence-electron chi connectivity index (χ2n) is 3.41. The van der Waals surface area contributed by atoms with Gasteiger partial charge in [0.25, 0.3) is 0 Å². The Morgan fingerprint density at radius 3 is 2.60 bits per heavy atom. The fraction of sp³-hybridized carbons (Fsp3) is 0.167. The van der Waals surface area contributed by atoms with Crippen LogP contribution in [0, 0.1) is 11.3 Å². The van der Waals surface area contributed by atoms with E-state index >= 15 is 0 Å². The lowest BCUT2D eigenvalue weighted by Gasteiger charge is -1.95. The molecule has 1 amide bonds. The average molecular weight is 198 g/mol. The SMILES string of the molecule is N#Cc1ccc(C=C2CCNC2=O)cc1. The number of hydrogen-bond donors (Lipinski definition) is 1. The maximum atomic E-state index is 11.3. The Bertz CT molecular complexity index is 452. The van der Waals surface area contributed by atoms with Crippen molar-refractivity contribution in [3.8, 4) is 6.07 Å². The van der Waals surface area contributed by atoms with Crippen LogP contribution in [0.4, 0.5) is 0 Å². The second kappa shape index (κ2) is 3.97. The van der Waals surface area contributed by atoms with Gasteiger partial charge in [0.15, 0.2) is 0 Å². The summed E-state index contributed by atoms with van der Waals surface area (Å²) in [4.78, 5) is 11.3. The molecule has 0 aliphatic carbocycles. The number of nitriles is 1. The third kappa shape index (κ3) is 2.05. The van der Waals surface area contributed by atoms with Crippen LogP contribution >= 0.6 is 0 Å². The molecule has 1 saturated heterocycles. The van der Waals surface area contributed by atoms with Gasteiger partial charge in [0.2, 0.25) is 5.91 Å². The molecule has 0 aromatic heterocycles. The predicted molar refractivity (Wildman–Crippen MR) is 56.8 cm³/mol. The summed E-state index contributed by atoms with van der Waals surface area (Å²) in [7, 11) is 0. The number of rotatable bonds is 1. The zero-order valence-corrected chi connectivity index (χ0v) is 8.16. The Kier molecular flexibility index (Phi) is 2.51. The van der Waals surface area contributed by atoms with Crippen molar-refractivity contribution in [2.75, 3.05) is 6.54 Å². The van der Waals surface area contributed by atoms with E-state index in [0.29, 0.717) is 5.56 Å². The molecule has 3 heteroatoms. The Morgan fingerprint density at radius 1 is 1.33 bits per heavy atom. The molecular formula is C12H10N2O. The number of amides is 1. The van der Waals surface area contributed by atoms with Crippen LogP contribution in [0.2, 0.25) is 0 Å². The van der Waals surface area contributed by atoms with Crippen LogP contribution in [0.1, 0.15) is 17.5 Å². The maximum Gasteiger partial charge on any atom is 0.247 e. The highest BCUT2D eigenvalue weighted by atomic mass is 16.1. The molecule has 1 heterocycles. The number of hydrogen-bond acceptors (Lipinski definition) is 2. The Hall–Kier alpha value is -2.08. The van der Waals surface area contributed by atoms with Crippen molar-refractivity contribution in [2.45, 2.75) is 6.42 Å². The summed E-state index contributed by atoms with van der Waals surface area (Å²) in [6.07, 6.45) is 2.64. The van der Waals surface area contributed by atoms with Gasteiger partial charge in [-0.3, -0.25) is 4.79 Å². The van der Waals surface area contributed by atoms with Crippen molar-refractivity contribution in [3.63, 3.8) is 0 Å². The summed E-state index contributed by atoms with van der Waals surface area (Å²) < 4.78 is 0. The first-order valence-corrected chi connectivity index (χ1v) is 4.78. The first-order chi connectivity index (χ1) is 7.29. The molecule has 0 bridgehead atoms. The van der Waals surface area contributed by atoms with Crippen molar-refractivity contribution in [3.05, 3.63) is 41.0 Å². The highest BCUT2D eigenvalue weighted by Gasteiger charge is 2.15. The highest BCUT2D eigenvalue weighted by Crippen LogP contribution is 2.14. The van der Waals surface area contributed by atoms with Gasteiger partial charge in [-0.1, -0.05) is 12.1 Å². The highest BCUT2D eigenvalue weighted by molar-refractivity contribution is 5.99. The van der Waals surface area contributed by atoms with Crippen LogP contribution in [-0.4, -0.2) is 12.5 Å². The van der Waals surface area contributed by atoms with Gasteiger partial charge in [-0.15, -0.1) is 0 Å². The standard InChI is InChI=1S/C12H10N2O/c13-8-10-3-1-9(2-4-10)7-11-5-6-14-12(11)15/h1-4,7H,5-6H2,(H,14,15). The van der Waals surface area contributed by atoms with Crippen LogP contribution in [0.25, 0.3) is 6.08 Å². The number of nitrogens with zero attached hydrogens (tertiary/aromatic N) is 1. The van der Waals surface area contributed by atoms with E-state index in [4.69, 9.17) is 5.26 Å². The molecule has 2 rings (SSSR count). The van der Waals surface area contributed by atoms with Crippen LogP contribution in [0.5, 0.6) is 0 Å². The number of carbonyl (C=O) groups excluding carboxylic acids is 1. The van der Waals surface area contributed by atoms with Crippen molar-refractivity contribution in [2.24, 2.45) is 0 Å². The fourth-order valence-electron chi connectivity index (χ4n) is 1.53. The normalized spacial score (nSPS) is 17.5. The van der Waals surface area contributed by atoms with Crippen molar-refractivity contribution in [1.82, 2.24) is 5.32 Å². The minimum absolute atomic E-state index is 0.0133. The summed E-state index contributed by atoms with van der Waals surface area (Å²) in [5.74, 6) is 0.0133. The molecule has 1 fully saturated rings. The van der Waals surface area contributed by atoms with Gasteiger partial charge in [-0.05, 0) is 30.2 Å². The summed E-state index contributed by atoms with van der Waals surface area (Å²) in [5, 5.41) is 11.4. The van der Waals surface area contributed by atoms with E-state index in [1.54, 1.807) is 12.1 Å². The van der Waals surface area contributed by atoms with E-state index in [1.807, 2.05) is 18.2 Å². The van der Waals surface area contributed by atoms with E-state index in [1.165, 1.54) is 0 Å². The summed E-state index contributed by atoms with van der Waals surface area (Å²) in [6, 6.07) is 9.24. The van der Waals surface area contributed by atoms with Crippen LogP contribution < -0.4 is 5.32 Å². The van der Waals surface area contributed by atoms with E-state index in [0.717, 1.165) is 24.1 Å². The molecule has 0 spiro atoms. The first-order valence-electron chi connectivity index (χ1n) is 4.78. The quantitative estimate of drug-likeness (QED) is 0.694. The molecule has 0 atom stereocenters. The van der Waals surface area contributed by atoms with Gasteiger partial charge in [0.1, 0.15) is 0 Å². The topological polar surface area (TPSA) is 52.9 Å². The van der Waals surface area contributed by atoms with Gasteiger partial charge in [0, 0.05) is 12.1 Å². The van der Waals surface area contributed by atoms with Crippen LogP contribution in [0.3, 0.4) is 0 Å². The maximum absolute atomic E-state index is 11.3. The minimum Gasteiger partial charge on any atom is -0.352 e. The molecule has 3 nitrogen and oxygen atoms in total. The monoisotopic (exact) mass is 198 g/mol. The molecule has 0 saturated carbocycles. The Balaban J connectivity index is 2.24. The van der Waals surface area contributed by atoms with E-state index < -0.39 is 0 Å². The van der Waals surface area contributed by atoms with Gasteiger partial charge in [-0.25, -0.2) is 0 Å². The molecular weight excluding hydrogens is 188 g/mol. The smallest absolute Gasteiger partial charge is 0.247 e. The molecule has 74 valence electrons. The first kappa shape index (κ1) is 9.47. The van der Waals surface area contributed by atoms with E-state index in [2.05, 4.69) is 11.4 Å². The molecule has 0 unspecified atom stereocenters. The number of carbonyl (C=O) groups is 1. The Labute approximate surface area is 88.0 Å². The molecule has 1 aromatic rings. The molecule has 1 N–H and O–H groups in total. The van der Waals surface area contributed by atoms with Crippen LogP contribution in [0.15, 0.2) is 29.8 Å². The lowest BCUT2D eigenvalue weighted by molar-refractivity contribution is -0.116. The van der Waals surface area contributed by atoms with E-state index in [9.17, 15) is 4.79 Å². The largest absolute Gasteiger partial charge is 0.352 e. The molecule has 15 heavy (non-hydrogen) atoms. The van der Waals surface area contributed by atoms with Crippen molar-refractivity contribution >= 4 is 12.0 Å². The lowest BCUT2D eigenvalue weighted by Crippen LogP contribution is -2.13. The molecule has 0 radical (unpaired) electrons. The number of nitrogens with one attached hydrogen (secondary N) is 1. The zero-order valence-electron chi connectivity index (χ0n) is 8.16. The van der Waals surface area contributed by atoms with Gasteiger partial charge < -0.3 is 5.32 Å². The minimum atomic E-state index is 0.0133. The third-order valence-electron chi connectivity index (χ3n) is 2.35. The van der Waals surface area contributed by atoms with Crippen molar-refractivity contribution in [1.29, 1.82) is 5.26 Å².